The van der Waals surface area contributed by atoms with Gasteiger partial charge in [-0.2, -0.15) is 0 Å². The zero-order chi connectivity index (χ0) is 23.4. The van der Waals surface area contributed by atoms with Gasteiger partial charge in [0.25, 0.3) is 11.8 Å². The van der Waals surface area contributed by atoms with E-state index in [0.717, 1.165) is 23.2 Å². The van der Waals surface area contributed by atoms with Crippen molar-refractivity contribution in [3.8, 4) is 5.75 Å². The Hall–Kier alpha value is -3.31. The minimum atomic E-state index is -0.748. The van der Waals surface area contributed by atoms with Crippen molar-refractivity contribution >= 4 is 17.7 Å². The van der Waals surface area contributed by atoms with Gasteiger partial charge in [-0.15, -0.1) is 0 Å². The molecule has 1 atom stereocenters. The third-order valence-electron chi connectivity index (χ3n) is 5.89. The Balaban J connectivity index is 1.40. The standard InChI is InChI=1S/C23H28N6O4/c24-13-27-14-26-10-15-4-6-16(7-5-15)12-33-20-3-1-2-17-18(20)11-28(22(17)31)19-8-9-21(30)29(25)23(19)32/h1-7,19,26-27H,8-14,24-25H2. The number of piperidine rings is 1. The highest BCUT2D eigenvalue weighted by Crippen LogP contribution is 2.34. The molecule has 33 heavy (non-hydrogen) atoms. The molecule has 0 saturated carbocycles. The Labute approximate surface area is 191 Å². The van der Waals surface area contributed by atoms with Gasteiger partial charge in [-0.25, -0.2) is 10.9 Å². The van der Waals surface area contributed by atoms with Gasteiger partial charge in [0.15, 0.2) is 0 Å². The van der Waals surface area contributed by atoms with E-state index in [4.69, 9.17) is 16.3 Å². The monoisotopic (exact) mass is 452 g/mol. The maximum Gasteiger partial charge on any atom is 0.266 e. The summed E-state index contributed by atoms with van der Waals surface area (Å²) in [6.07, 6.45) is 0.399. The highest BCUT2D eigenvalue weighted by Gasteiger charge is 2.42. The molecular formula is C23H28N6O4. The number of nitrogens with one attached hydrogen (secondary N) is 2. The van der Waals surface area contributed by atoms with Gasteiger partial charge in [-0.1, -0.05) is 30.3 Å². The van der Waals surface area contributed by atoms with Crippen molar-refractivity contribution in [1.29, 1.82) is 0 Å². The molecule has 2 aliphatic heterocycles. The second-order valence-electron chi connectivity index (χ2n) is 8.03. The van der Waals surface area contributed by atoms with Crippen LogP contribution in [0.2, 0.25) is 0 Å². The summed E-state index contributed by atoms with van der Waals surface area (Å²) in [5.74, 6) is 4.95. The molecule has 0 radical (unpaired) electrons. The molecule has 0 aromatic heterocycles. The van der Waals surface area contributed by atoms with E-state index in [9.17, 15) is 14.4 Å². The van der Waals surface area contributed by atoms with Crippen LogP contribution in [-0.2, 0) is 29.3 Å². The van der Waals surface area contributed by atoms with Crippen LogP contribution in [-0.4, -0.2) is 47.0 Å². The van der Waals surface area contributed by atoms with Crippen LogP contribution in [0, 0.1) is 0 Å². The third-order valence-corrected chi connectivity index (χ3v) is 5.89. The predicted octanol–water partition coefficient (Wildman–Crippen LogP) is 0.166. The molecule has 1 fully saturated rings. The highest BCUT2D eigenvalue weighted by molar-refractivity contribution is 6.05. The number of benzene rings is 2. The quantitative estimate of drug-likeness (QED) is 0.139. The summed E-state index contributed by atoms with van der Waals surface area (Å²) in [5.41, 5.74) is 8.78. The van der Waals surface area contributed by atoms with Crippen LogP contribution in [0.3, 0.4) is 0 Å². The summed E-state index contributed by atoms with van der Waals surface area (Å²) in [5, 5.41) is 6.86. The minimum Gasteiger partial charge on any atom is -0.489 e. The third kappa shape index (κ3) is 4.88. The van der Waals surface area contributed by atoms with Crippen LogP contribution in [0.5, 0.6) is 5.75 Å². The molecule has 3 amide bonds. The lowest BCUT2D eigenvalue weighted by Crippen LogP contribution is -2.57. The lowest BCUT2D eigenvalue weighted by molar-refractivity contribution is -0.152. The first-order valence-corrected chi connectivity index (χ1v) is 10.9. The predicted molar refractivity (Wildman–Crippen MR) is 120 cm³/mol. The van der Waals surface area contributed by atoms with Gasteiger partial charge >= 0.3 is 0 Å². The van der Waals surface area contributed by atoms with Crippen molar-refractivity contribution in [1.82, 2.24) is 20.5 Å². The van der Waals surface area contributed by atoms with E-state index in [-0.39, 0.29) is 25.3 Å². The van der Waals surface area contributed by atoms with Crippen molar-refractivity contribution < 1.29 is 19.1 Å². The molecular weight excluding hydrogens is 424 g/mol. The van der Waals surface area contributed by atoms with Gasteiger partial charge in [-0.3, -0.25) is 19.7 Å². The Kier molecular flexibility index (Phi) is 6.99. The van der Waals surface area contributed by atoms with E-state index in [1.165, 1.54) is 4.90 Å². The normalized spacial score (nSPS) is 18.1. The second kappa shape index (κ2) is 10.1. The maximum atomic E-state index is 13.0. The molecule has 2 aromatic carbocycles. The Morgan fingerprint density at radius 2 is 1.79 bits per heavy atom. The number of imide groups is 1. The summed E-state index contributed by atoms with van der Waals surface area (Å²) < 4.78 is 6.04. The molecule has 1 saturated heterocycles. The summed E-state index contributed by atoms with van der Waals surface area (Å²) in [6.45, 7) is 2.38. The number of ether oxygens (including phenoxy) is 1. The largest absolute Gasteiger partial charge is 0.489 e. The second-order valence-corrected chi connectivity index (χ2v) is 8.03. The van der Waals surface area contributed by atoms with Crippen molar-refractivity contribution in [3.05, 3.63) is 64.7 Å². The number of hydrogen-bond donors (Lipinski definition) is 4. The van der Waals surface area contributed by atoms with Gasteiger partial charge in [0.2, 0.25) is 5.91 Å². The first-order chi connectivity index (χ1) is 16.0. The fourth-order valence-corrected chi connectivity index (χ4v) is 4.07. The lowest BCUT2D eigenvalue weighted by Gasteiger charge is -2.33. The van der Waals surface area contributed by atoms with Gasteiger partial charge in [0.05, 0.1) is 6.54 Å². The fraction of sp³-hybridized carbons (Fsp3) is 0.348. The molecule has 1 unspecified atom stereocenters. The highest BCUT2D eigenvalue weighted by atomic mass is 16.5. The number of hydrazine groups is 1. The first-order valence-electron chi connectivity index (χ1n) is 10.9. The number of rotatable bonds is 9. The summed E-state index contributed by atoms with van der Waals surface area (Å²) in [4.78, 5) is 38.6. The minimum absolute atomic E-state index is 0.130. The molecule has 2 heterocycles. The van der Waals surface area contributed by atoms with Crippen LogP contribution in [0.15, 0.2) is 42.5 Å². The number of amides is 3. The topological polar surface area (TPSA) is 143 Å². The van der Waals surface area contributed by atoms with Gasteiger partial charge < -0.3 is 20.7 Å². The van der Waals surface area contributed by atoms with Crippen LogP contribution in [0.1, 0.15) is 39.9 Å². The molecule has 2 aromatic rings. The van der Waals surface area contributed by atoms with E-state index >= 15 is 0 Å². The number of carbonyl (C=O) groups is 3. The average Bonchev–Trinajstić information content (AvgIpc) is 3.17. The number of carbonyl (C=O) groups excluding carboxylic acids is 3. The van der Waals surface area contributed by atoms with Gasteiger partial charge in [0, 0.05) is 37.4 Å². The molecule has 0 bridgehead atoms. The Morgan fingerprint density at radius 3 is 2.55 bits per heavy atom. The molecule has 2 aliphatic rings. The average molecular weight is 453 g/mol. The molecule has 10 heteroatoms. The zero-order valence-electron chi connectivity index (χ0n) is 18.3. The zero-order valence-corrected chi connectivity index (χ0v) is 18.3. The van der Waals surface area contributed by atoms with Crippen molar-refractivity contribution in [2.75, 3.05) is 13.3 Å². The smallest absolute Gasteiger partial charge is 0.266 e. The number of hydrogen-bond acceptors (Lipinski definition) is 8. The lowest BCUT2D eigenvalue weighted by atomic mass is 10.0. The number of fused-ring (bicyclic) bond motifs is 1. The van der Waals surface area contributed by atoms with Crippen molar-refractivity contribution in [2.45, 2.75) is 38.6 Å². The molecule has 4 rings (SSSR count). The maximum absolute atomic E-state index is 13.0. The molecule has 0 spiro atoms. The van der Waals surface area contributed by atoms with Gasteiger partial charge in [-0.05, 0) is 29.7 Å². The molecule has 0 aliphatic carbocycles. The van der Waals surface area contributed by atoms with E-state index in [1.54, 1.807) is 12.1 Å². The van der Waals surface area contributed by atoms with Crippen LogP contribution >= 0.6 is 0 Å². The Morgan fingerprint density at radius 1 is 1.03 bits per heavy atom. The molecule has 6 N–H and O–H groups in total. The van der Waals surface area contributed by atoms with E-state index in [1.807, 2.05) is 30.3 Å². The van der Waals surface area contributed by atoms with Crippen LogP contribution in [0.4, 0.5) is 0 Å². The van der Waals surface area contributed by atoms with E-state index < -0.39 is 17.9 Å². The van der Waals surface area contributed by atoms with Crippen molar-refractivity contribution in [2.24, 2.45) is 11.6 Å². The summed E-state index contributed by atoms with van der Waals surface area (Å²) in [7, 11) is 0. The van der Waals surface area contributed by atoms with Crippen molar-refractivity contribution in [3.63, 3.8) is 0 Å². The number of nitrogens with two attached hydrogens (primary N) is 2. The van der Waals surface area contributed by atoms with Crippen LogP contribution in [0.25, 0.3) is 0 Å². The SMILES string of the molecule is NCNCNCc1ccc(COc2cccc3c2CN(C2CCC(=O)N(N)C2=O)C3=O)cc1. The molecule has 174 valence electrons. The molecule has 10 nitrogen and oxygen atoms in total. The van der Waals surface area contributed by atoms with Gasteiger partial charge in [0.1, 0.15) is 18.4 Å². The van der Waals surface area contributed by atoms with E-state index in [0.29, 0.717) is 36.3 Å². The number of nitrogens with zero attached hydrogens (tertiary/aromatic N) is 2. The van der Waals surface area contributed by atoms with Crippen LogP contribution < -0.4 is 26.9 Å². The van der Waals surface area contributed by atoms with E-state index in [2.05, 4.69) is 10.6 Å². The Bertz CT molecular complexity index is 1040. The first kappa shape index (κ1) is 22.9. The summed E-state index contributed by atoms with van der Waals surface area (Å²) >= 11 is 0. The summed E-state index contributed by atoms with van der Waals surface area (Å²) in [6, 6.07) is 12.6. The fourth-order valence-electron chi connectivity index (χ4n) is 4.07.